The summed E-state index contributed by atoms with van der Waals surface area (Å²) in [5.74, 6) is -0.144. The predicted molar refractivity (Wildman–Crippen MR) is 109 cm³/mol. The number of benzene rings is 2. The number of esters is 1. The summed E-state index contributed by atoms with van der Waals surface area (Å²) in [4.78, 5) is 24.5. The van der Waals surface area contributed by atoms with Gasteiger partial charge in [-0.3, -0.25) is 4.79 Å². The second-order valence-electron chi connectivity index (χ2n) is 7.17. The zero-order chi connectivity index (χ0) is 20.5. The first kappa shape index (κ1) is 21.5. The molecule has 0 aliphatic heterocycles. The SMILES string of the molecule is CC(C)Oc1ccc(C(=O)O[C@@H](C)C(=O)N[C@@H](C)CCc2ccccc2)cc1. The molecule has 0 unspecified atom stereocenters. The Morgan fingerprint density at radius 1 is 0.929 bits per heavy atom. The van der Waals surface area contributed by atoms with Crippen molar-refractivity contribution in [2.45, 2.75) is 58.8 Å². The highest BCUT2D eigenvalue weighted by Crippen LogP contribution is 2.15. The Morgan fingerprint density at radius 2 is 1.57 bits per heavy atom. The first-order chi connectivity index (χ1) is 13.3. The lowest BCUT2D eigenvalue weighted by atomic mass is 10.1. The molecule has 0 aromatic heterocycles. The van der Waals surface area contributed by atoms with E-state index in [0.29, 0.717) is 11.3 Å². The molecule has 0 spiro atoms. The minimum absolute atomic E-state index is 0.0127. The molecule has 0 saturated heterocycles. The van der Waals surface area contributed by atoms with E-state index in [0.717, 1.165) is 12.8 Å². The predicted octanol–water partition coefficient (Wildman–Crippen LogP) is 4.16. The van der Waals surface area contributed by atoms with Gasteiger partial charge in [0.25, 0.3) is 5.91 Å². The number of carbonyl (C=O) groups excluding carboxylic acids is 2. The Balaban J connectivity index is 1.79. The van der Waals surface area contributed by atoms with Crippen molar-refractivity contribution in [2.75, 3.05) is 0 Å². The summed E-state index contributed by atoms with van der Waals surface area (Å²) in [7, 11) is 0. The minimum Gasteiger partial charge on any atom is -0.491 e. The van der Waals surface area contributed by atoms with E-state index in [1.165, 1.54) is 5.56 Å². The number of carbonyl (C=O) groups is 2. The van der Waals surface area contributed by atoms with Crippen LogP contribution in [-0.4, -0.2) is 30.1 Å². The monoisotopic (exact) mass is 383 g/mol. The molecule has 5 nitrogen and oxygen atoms in total. The van der Waals surface area contributed by atoms with Gasteiger partial charge in [0.2, 0.25) is 0 Å². The van der Waals surface area contributed by atoms with Gasteiger partial charge in [-0.25, -0.2) is 4.79 Å². The summed E-state index contributed by atoms with van der Waals surface area (Å²) in [6.07, 6.45) is 0.887. The molecule has 0 saturated carbocycles. The maximum absolute atomic E-state index is 12.3. The van der Waals surface area contributed by atoms with Gasteiger partial charge in [-0.1, -0.05) is 30.3 Å². The van der Waals surface area contributed by atoms with Crippen LogP contribution in [0.2, 0.25) is 0 Å². The minimum atomic E-state index is -0.863. The quantitative estimate of drug-likeness (QED) is 0.661. The smallest absolute Gasteiger partial charge is 0.338 e. The van der Waals surface area contributed by atoms with Gasteiger partial charge in [-0.2, -0.15) is 0 Å². The average Bonchev–Trinajstić information content (AvgIpc) is 2.67. The van der Waals surface area contributed by atoms with E-state index in [9.17, 15) is 9.59 Å². The van der Waals surface area contributed by atoms with Crippen LogP contribution < -0.4 is 10.1 Å². The van der Waals surface area contributed by atoms with Crippen LogP contribution in [-0.2, 0) is 16.0 Å². The van der Waals surface area contributed by atoms with Crippen molar-refractivity contribution in [2.24, 2.45) is 0 Å². The van der Waals surface area contributed by atoms with E-state index in [1.54, 1.807) is 31.2 Å². The molecule has 1 amide bonds. The summed E-state index contributed by atoms with van der Waals surface area (Å²) in [6, 6.07) is 16.8. The van der Waals surface area contributed by atoms with Crippen molar-refractivity contribution in [3.05, 3.63) is 65.7 Å². The summed E-state index contributed by atoms with van der Waals surface area (Å²) < 4.78 is 10.8. The largest absolute Gasteiger partial charge is 0.491 e. The van der Waals surface area contributed by atoms with Gasteiger partial charge in [0.05, 0.1) is 11.7 Å². The molecule has 150 valence electrons. The van der Waals surface area contributed by atoms with Gasteiger partial charge >= 0.3 is 5.97 Å². The van der Waals surface area contributed by atoms with Gasteiger partial charge in [0.1, 0.15) is 5.75 Å². The third kappa shape index (κ3) is 7.06. The zero-order valence-electron chi connectivity index (χ0n) is 17.0. The fraction of sp³-hybridized carbons (Fsp3) is 0.391. The first-order valence-electron chi connectivity index (χ1n) is 9.67. The second kappa shape index (κ2) is 10.5. The van der Waals surface area contributed by atoms with Crippen molar-refractivity contribution < 1.29 is 19.1 Å². The molecule has 0 heterocycles. The van der Waals surface area contributed by atoms with Crippen molar-refractivity contribution in [3.8, 4) is 5.75 Å². The van der Waals surface area contributed by atoms with Crippen LogP contribution in [0.1, 0.15) is 50.0 Å². The molecule has 5 heteroatoms. The van der Waals surface area contributed by atoms with Crippen LogP contribution in [0, 0.1) is 0 Å². The Bertz CT molecular complexity index is 756. The average molecular weight is 383 g/mol. The highest BCUT2D eigenvalue weighted by atomic mass is 16.5. The van der Waals surface area contributed by atoms with Crippen molar-refractivity contribution in [1.29, 1.82) is 0 Å². The standard InChI is InChI=1S/C23H29NO4/c1-16(2)27-21-14-12-20(13-15-21)23(26)28-18(4)22(25)24-17(3)10-11-19-8-6-5-7-9-19/h5-9,12-18H,10-11H2,1-4H3,(H,24,25)/t17-,18-/m0/s1. The molecule has 0 aliphatic rings. The lowest BCUT2D eigenvalue weighted by molar-refractivity contribution is -0.129. The maximum atomic E-state index is 12.3. The van der Waals surface area contributed by atoms with Crippen LogP contribution in [0.15, 0.2) is 54.6 Å². The van der Waals surface area contributed by atoms with Crippen molar-refractivity contribution in [1.82, 2.24) is 5.32 Å². The van der Waals surface area contributed by atoms with E-state index in [2.05, 4.69) is 17.4 Å². The molecule has 0 aliphatic carbocycles. The third-order valence-electron chi connectivity index (χ3n) is 4.21. The second-order valence-corrected chi connectivity index (χ2v) is 7.17. The molecule has 1 N–H and O–H groups in total. The topological polar surface area (TPSA) is 64.6 Å². The molecule has 2 atom stereocenters. The summed E-state index contributed by atoms with van der Waals surface area (Å²) >= 11 is 0. The van der Waals surface area contributed by atoms with E-state index in [1.807, 2.05) is 39.0 Å². The molecule has 2 rings (SSSR count). The van der Waals surface area contributed by atoms with Gasteiger partial charge in [0, 0.05) is 6.04 Å². The van der Waals surface area contributed by atoms with Gasteiger partial charge < -0.3 is 14.8 Å². The Hall–Kier alpha value is -2.82. The molecule has 2 aromatic carbocycles. The van der Waals surface area contributed by atoms with Crippen molar-refractivity contribution in [3.63, 3.8) is 0 Å². The van der Waals surface area contributed by atoms with Crippen LogP contribution in [0.3, 0.4) is 0 Å². The summed E-state index contributed by atoms with van der Waals surface area (Å²) in [5, 5.41) is 2.90. The molecule has 0 fully saturated rings. The Labute approximate surface area is 167 Å². The fourth-order valence-corrected chi connectivity index (χ4v) is 2.68. The Kier molecular flexibility index (Phi) is 8.05. The van der Waals surface area contributed by atoms with E-state index in [-0.39, 0.29) is 18.1 Å². The van der Waals surface area contributed by atoms with Crippen molar-refractivity contribution >= 4 is 11.9 Å². The highest BCUT2D eigenvalue weighted by Gasteiger charge is 2.20. The number of ether oxygens (including phenoxy) is 2. The van der Waals surface area contributed by atoms with E-state index < -0.39 is 12.1 Å². The molecular weight excluding hydrogens is 354 g/mol. The third-order valence-corrected chi connectivity index (χ3v) is 4.21. The van der Waals surface area contributed by atoms with Crippen LogP contribution >= 0.6 is 0 Å². The normalized spacial score (nSPS) is 12.9. The molecule has 0 radical (unpaired) electrons. The van der Waals surface area contributed by atoms with Gasteiger partial charge in [-0.05, 0) is 70.4 Å². The van der Waals surface area contributed by atoms with Crippen LogP contribution in [0.4, 0.5) is 0 Å². The van der Waals surface area contributed by atoms with Gasteiger partial charge in [0.15, 0.2) is 6.10 Å². The number of hydrogen-bond acceptors (Lipinski definition) is 4. The number of rotatable bonds is 9. The number of hydrogen-bond donors (Lipinski definition) is 1. The van der Waals surface area contributed by atoms with E-state index in [4.69, 9.17) is 9.47 Å². The number of nitrogens with one attached hydrogen (secondary N) is 1. The van der Waals surface area contributed by atoms with Crippen LogP contribution in [0.5, 0.6) is 5.75 Å². The molecular formula is C23H29NO4. The molecule has 28 heavy (non-hydrogen) atoms. The first-order valence-corrected chi connectivity index (χ1v) is 9.67. The zero-order valence-corrected chi connectivity index (χ0v) is 17.0. The maximum Gasteiger partial charge on any atom is 0.338 e. The van der Waals surface area contributed by atoms with Crippen LogP contribution in [0.25, 0.3) is 0 Å². The lowest BCUT2D eigenvalue weighted by Crippen LogP contribution is -2.41. The molecule has 0 bridgehead atoms. The highest BCUT2D eigenvalue weighted by molar-refractivity contribution is 5.92. The Morgan fingerprint density at radius 3 is 2.18 bits per heavy atom. The number of amides is 1. The lowest BCUT2D eigenvalue weighted by Gasteiger charge is -2.18. The molecule has 2 aromatic rings. The fourth-order valence-electron chi connectivity index (χ4n) is 2.68. The van der Waals surface area contributed by atoms with Gasteiger partial charge in [-0.15, -0.1) is 0 Å². The number of aryl methyl sites for hydroxylation is 1. The van der Waals surface area contributed by atoms with E-state index >= 15 is 0 Å². The summed E-state index contributed by atoms with van der Waals surface area (Å²) in [6.45, 7) is 7.39. The summed E-state index contributed by atoms with van der Waals surface area (Å²) in [5.41, 5.74) is 1.61.